The first-order valence-corrected chi connectivity index (χ1v) is 10.2. The molecule has 0 radical (unpaired) electrons. The number of halogens is 1. The third-order valence-corrected chi connectivity index (χ3v) is 5.30. The van der Waals surface area contributed by atoms with Gasteiger partial charge in [0.25, 0.3) is 0 Å². The number of hydrogen-bond donors (Lipinski definition) is 2. The fourth-order valence-electron chi connectivity index (χ4n) is 2.55. The Bertz CT molecular complexity index is 869. The molecule has 0 spiro atoms. The van der Waals surface area contributed by atoms with E-state index < -0.39 is 5.82 Å². The van der Waals surface area contributed by atoms with Gasteiger partial charge in [0.15, 0.2) is 17.5 Å². The van der Waals surface area contributed by atoms with Gasteiger partial charge in [-0.3, -0.25) is 0 Å². The first kappa shape index (κ1) is 22.6. The number of carbonyl (C=O) groups excluding carboxylic acids is 1. The third kappa shape index (κ3) is 6.15. The number of aliphatic imine (C=N–C) groups is 1. The van der Waals surface area contributed by atoms with E-state index in [0.717, 1.165) is 10.6 Å². The van der Waals surface area contributed by atoms with E-state index in [1.807, 2.05) is 13.8 Å². The van der Waals surface area contributed by atoms with Crippen molar-refractivity contribution in [2.75, 3.05) is 20.3 Å². The molecule has 0 aliphatic heterocycles. The van der Waals surface area contributed by atoms with E-state index in [-0.39, 0.29) is 17.8 Å². The SMILES string of the molecule is CCNC(=NCc1ccc(OC)c(F)c1)NC(C)c1nc(C)c(C(=O)OCC)s1. The van der Waals surface area contributed by atoms with Crippen molar-refractivity contribution < 1.29 is 18.7 Å². The van der Waals surface area contributed by atoms with Crippen molar-refractivity contribution in [1.29, 1.82) is 0 Å². The molecule has 29 heavy (non-hydrogen) atoms. The number of guanidine groups is 1. The molecule has 0 aliphatic rings. The summed E-state index contributed by atoms with van der Waals surface area (Å²) in [5.41, 5.74) is 1.37. The summed E-state index contributed by atoms with van der Waals surface area (Å²) >= 11 is 1.30. The quantitative estimate of drug-likeness (QED) is 0.384. The summed E-state index contributed by atoms with van der Waals surface area (Å²) < 4.78 is 23.9. The number of aromatic nitrogens is 1. The summed E-state index contributed by atoms with van der Waals surface area (Å²) in [5, 5.41) is 7.19. The van der Waals surface area contributed by atoms with Crippen LogP contribution in [0.5, 0.6) is 5.75 Å². The van der Waals surface area contributed by atoms with Gasteiger partial charge in [-0.2, -0.15) is 0 Å². The van der Waals surface area contributed by atoms with Gasteiger partial charge in [-0.15, -0.1) is 11.3 Å². The number of nitrogens with zero attached hydrogens (tertiary/aromatic N) is 2. The van der Waals surface area contributed by atoms with E-state index in [0.29, 0.717) is 36.2 Å². The largest absolute Gasteiger partial charge is 0.494 e. The number of benzene rings is 1. The Hall–Kier alpha value is -2.68. The molecule has 1 unspecified atom stereocenters. The van der Waals surface area contributed by atoms with Crippen molar-refractivity contribution in [3.05, 3.63) is 45.2 Å². The summed E-state index contributed by atoms with van der Waals surface area (Å²) in [6.07, 6.45) is 0. The van der Waals surface area contributed by atoms with Gasteiger partial charge in [-0.1, -0.05) is 6.07 Å². The average molecular weight is 423 g/mol. The normalized spacial score (nSPS) is 12.4. The van der Waals surface area contributed by atoms with Crippen LogP contribution in [0, 0.1) is 12.7 Å². The Kier molecular flexibility index (Phi) is 8.38. The summed E-state index contributed by atoms with van der Waals surface area (Å²) in [6, 6.07) is 4.59. The van der Waals surface area contributed by atoms with Crippen molar-refractivity contribution in [3.63, 3.8) is 0 Å². The minimum absolute atomic E-state index is 0.174. The van der Waals surface area contributed by atoms with Gasteiger partial charge in [-0.05, 0) is 45.4 Å². The Morgan fingerprint density at radius 3 is 2.76 bits per heavy atom. The molecule has 2 aromatic rings. The van der Waals surface area contributed by atoms with Gasteiger partial charge in [0.05, 0.1) is 32.0 Å². The Morgan fingerprint density at radius 1 is 1.38 bits per heavy atom. The third-order valence-electron chi connectivity index (χ3n) is 3.98. The second kappa shape index (κ2) is 10.8. The highest BCUT2D eigenvalue weighted by Crippen LogP contribution is 2.24. The smallest absolute Gasteiger partial charge is 0.350 e. The van der Waals surface area contributed by atoms with Crippen LogP contribution in [0.25, 0.3) is 0 Å². The molecule has 0 aliphatic carbocycles. The molecule has 0 saturated heterocycles. The van der Waals surface area contributed by atoms with Crippen LogP contribution in [-0.4, -0.2) is 37.2 Å². The lowest BCUT2D eigenvalue weighted by Gasteiger charge is -2.16. The minimum Gasteiger partial charge on any atom is -0.494 e. The predicted molar refractivity (Wildman–Crippen MR) is 112 cm³/mol. The van der Waals surface area contributed by atoms with Gasteiger partial charge in [0.2, 0.25) is 0 Å². The fraction of sp³-hybridized carbons (Fsp3) is 0.450. The van der Waals surface area contributed by atoms with Crippen LogP contribution in [0.4, 0.5) is 4.39 Å². The van der Waals surface area contributed by atoms with Gasteiger partial charge < -0.3 is 20.1 Å². The van der Waals surface area contributed by atoms with E-state index in [2.05, 4.69) is 20.6 Å². The highest BCUT2D eigenvalue weighted by Gasteiger charge is 2.20. The standard InChI is InChI=1S/C20H27FN4O3S/c1-6-22-20(23-11-14-8-9-16(27-5)15(21)10-14)25-13(4)18-24-12(3)17(29-18)19(26)28-7-2/h8-10,13H,6-7,11H2,1-5H3,(H2,22,23,25). The molecule has 0 bridgehead atoms. The number of carbonyl (C=O) groups is 1. The molecule has 2 rings (SSSR count). The van der Waals surface area contributed by atoms with E-state index in [1.54, 1.807) is 26.0 Å². The molecule has 1 heterocycles. The van der Waals surface area contributed by atoms with Gasteiger partial charge >= 0.3 is 5.97 Å². The van der Waals surface area contributed by atoms with E-state index in [4.69, 9.17) is 9.47 Å². The number of thiazole rings is 1. The number of esters is 1. The van der Waals surface area contributed by atoms with Crippen LogP contribution in [0.2, 0.25) is 0 Å². The van der Waals surface area contributed by atoms with Crippen LogP contribution in [0.1, 0.15) is 52.7 Å². The van der Waals surface area contributed by atoms with E-state index in [1.165, 1.54) is 24.5 Å². The van der Waals surface area contributed by atoms with Crippen molar-refractivity contribution in [1.82, 2.24) is 15.6 Å². The summed E-state index contributed by atoms with van der Waals surface area (Å²) in [4.78, 5) is 21.5. The molecular formula is C20H27FN4O3S. The average Bonchev–Trinajstić information content (AvgIpc) is 3.08. The number of methoxy groups -OCH3 is 1. The second-order valence-electron chi connectivity index (χ2n) is 6.22. The fourth-order valence-corrected chi connectivity index (χ4v) is 3.52. The first-order valence-electron chi connectivity index (χ1n) is 9.41. The molecule has 0 saturated carbocycles. The molecule has 9 heteroatoms. The van der Waals surface area contributed by atoms with Crippen molar-refractivity contribution in [3.8, 4) is 5.75 Å². The summed E-state index contributed by atoms with van der Waals surface area (Å²) in [6.45, 7) is 8.75. The van der Waals surface area contributed by atoms with Crippen molar-refractivity contribution in [2.45, 2.75) is 40.3 Å². The number of ether oxygens (including phenoxy) is 2. The van der Waals surface area contributed by atoms with Crippen molar-refractivity contribution >= 4 is 23.3 Å². The molecule has 0 amide bonds. The van der Waals surface area contributed by atoms with Gasteiger partial charge in [0, 0.05) is 6.54 Å². The highest BCUT2D eigenvalue weighted by atomic mass is 32.1. The van der Waals surface area contributed by atoms with Crippen LogP contribution in [0.15, 0.2) is 23.2 Å². The molecule has 158 valence electrons. The maximum absolute atomic E-state index is 13.9. The zero-order chi connectivity index (χ0) is 21.4. The van der Waals surface area contributed by atoms with E-state index in [9.17, 15) is 9.18 Å². The molecule has 0 fully saturated rings. The second-order valence-corrected chi connectivity index (χ2v) is 7.25. The molecule has 1 aromatic heterocycles. The number of nitrogens with one attached hydrogen (secondary N) is 2. The minimum atomic E-state index is -0.420. The lowest BCUT2D eigenvalue weighted by atomic mass is 10.2. The van der Waals surface area contributed by atoms with Crippen LogP contribution in [0.3, 0.4) is 0 Å². The summed E-state index contributed by atoms with van der Waals surface area (Å²) in [5.74, 6) is -0.00553. The van der Waals surface area contributed by atoms with Gasteiger partial charge in [-0.25, -0.2) is 19.2 Å². The van der Waals surface area contributed by atoms with Crippen LogP contribution in [-0.2, 0) is 11.3 Å². The number of aryl methyl sites for hydroxylation is 1. The number of hydrogen-bond acceptors (Lipinski definition) is 6. The van der Waals surface area contributed by atoms with Crippen LogP contribution < -0.4 is 15.4 Å². The topological polar surface area (TPSA) is 84.8 Å². The summed E-state index contributed by atoms with van der Waals surface area (Å²) in [7, 11) is 1.43. The highest BCUT2D eigenvalue weighted by molar-refractivity contribution is 7.13. The lowest BCUT2D eigenvalue weighted by Crippen LogP contribution is -2.38. The Labute approximate surface area is 174 Å². The molecule has 7 nitrogen and oxygen atoms in total. The monoisotopic (exact) mass is 422 g/mol. The van der Waals surface area contributed by atoms with E-state index >= 15 is 0 Å². The van der Waals surface area contributed by atoms with Crippen molar-refractivity contribution in [2.24, 2.45) is 4.99 Å². The van der Waals surface area contributed by atoms with Crippen LogP contribution >= 0.6 is 11.3 Å². The Morgan fingerprint density at radius 2 is 2.14 bits per heavy atom. The van der Waals surface area contributed by atoms with Gasteiger partial charge in [0.1, 0.15) is 9.88 Å². The molecule has 1 atom stereocenters. The Balaban J connectivity index is 2.11. The maximum Gasteiger partial charge on any atom is 0.350 e. The first-order chi connectivity index (χ1) is 13.9. The predicted octanol–water partition coefficient (Wildman–Crippen LogP) is 3.59. The maximum atomic E-state index is 13.9. The molecular weight excluding hydrogens is 395 g/mol. The zero-order valence-electron chi connectivity index (χ0n) is 17.3. The zero-order valence-corrected chi connectivity index (χ0v) is 18.2. The molecule has 1 aromatic carbocycles. The lowest BCUT2D eigenvalue weighted by molar-refractivity contribution is 0.0531. The number of rotatable bonds is 8. The molecule has 2 N–H and O–H groups in total.